The van der Waals surface area contributed by atoms with Crippen LogP contribution in [-0.2, 0) is 0 Å². The number of piperidine rings is 1. The minimum atomic E-state index is 0. The molecule has 0 saturated carbocycles. The maximum Gasteiger partial charge on any atom is 0.166 e. The molecular formula is C15H24ClN3O. The fourth-order valence-corrected chi connectivity index (χ4v) is 2.83. The van der Waals surface area contributed by atoms with Gasteiger partial charge in [0, 0.05) is 12.3 Å². The van der Waals surface area contributed by atoms with E-state index in [0.29, 0.717) is 12.3 Å². The first-order valence-electron chi connectivity index (χ1n) is 7.22. The third-order valence-corrected chi connectivity index (χ3v) is 3.71. The number of hydrogen-bond donors (Lipinski definition) is 1. The molecule has 0 amide bonds. The monoisotopic (exact) mass is 297 g/mol. The van der Waals surface area contributed by atoms with Crippen molar-refractivity contribution in [3.05, 3.63) is 22.8 Å². The van der Waals surface area contributed by atoms with E-state index in [-0.39, 0.29) is 18.2 Å². The Kier molecular flexibility index (Phi) is 6.56. The predicted molar refractivity (Wildman–Crippen MR) is 82.8 cm³/mol. The Morgan fingerprint density at radius 2 is 1.90 bits per heavy atom. The Balaban J connectivity index is 0.00000200. The second kappa shape index (κ2) is 7.70. The van der Waals surface area contributed by atoms with Crippen LogP contribution in [0.4, 0.5) is 0 Å². The Bertz CT molecular complexity index is 470. The summed E-state index contributed by atoms with van der Waals surface area (Å²) in [6, 6.07) is 0. The van der Waals surface area contributed by atoms with Crippen molar-refractivity contribution in [3.63, 3.8) is 0 Å². The molecule has 1 saturated heterocycles. The summed E-state index contributed by atoms with van der Waals surface area (Å²) in [6.07, 6.45) is 3.58. The fourth-order valence-electron chi connectivity index (χ4n) is 2.83. The van der Waals surface area contributed by atoms with E-state index in [1.807, 2.05) is 20.8 Å². The van der Waals surface area contributed by atoms with Crippen LogP contribution in [0.15, 0.2) is 0 Å². The van der Waals surface area contributed by atoms with E-state index < -0.39 is 0 Å². The van der Waals surface area contributed by atoms with Crippen molar-refractivity contribution in [1.82, 2.24) is 15.3 Å². The highest BCUT2D eigenvalue weighted by molar-refractivity contribution is 5.98. The van der Waals surface area contributed by atoms with Crippen molar-refractivity contribution in [1.29, 1.82) is 0 Å². The van der Waals surface area contributed by atoms with Gasteiger partial charge < -0.3 is 5.32 Å². The highest BCUT2D eigenvalue weighted by Gasteiger charge is 2.25. The van der Waals surface area contributed by atoms with E-state index in [4.69, 9.17) is 0 Å². The lowest BCUT2D eigenvalue weighted by Crippen LogP contribution is -2.28. The lowest BCUT2D eigenvalue weighted by Gasteiger charge is -2.24. The lowest BCUT2D eigenvalue weighted by molar-refractivity contribution is 0.0978. The highest BCUT2D eigenvalue weighted by Crippen LogP contribution is 2.28. The molecule has 1 N–H and O–H groups in total. The first kappa shape index (κ1) is 17.1. The molecular weight excluding hydrogens is 274 g/mol. The number of aryl methyl sites for hydroxylation is 2. The molecule has 1 aliphatic heterocycles. The summed E-state index contributed by atoms with van der Waals surface area (Å²) in [7, 11) is 0. The van der Waals surface area contributed by atoms with Crippen LogP contribution in [0.3, 0.4) is 0 Å². The van der Waals surface area contributed by atoms with Gasteiger partial charge >= 0.3 is 0 Å². The zero-order valence-electron chi connectivity index (χ0n) is 12.5. The number of nitrogens with zero attached hydrogens (tertiary/aromatic N) is 2. The number of rotatable bonds is 4. The average Bonchev–Trinajstić information content (AvgIpc) is 2.39. The number of ketones is 1. The summed E-state index contributed by atoms with van der Waals surface area (Å²) < 4.78 is 0. The summed E-state index contributed by atoms with van der Waals surface area (Å²) in [5, 5.41) is 3.36. The third-order valence-electron chi connectivity index (χ3n) is 3.71. The molecule has 5 heteroatoms. The minimum absolute atomic E-state index is 0. The van der Waals surface area contributed by atoms with Gasteiger partial charge in [-0.1, -0.05) is 6.92 Å². The van der Waals surface area contributed by atoms with Gasteiger partial charge in [0.2, 0.25) is 0 Å². The third kappa shape index (κ3) is 3.76. The number of Topliss-reactive ketones (excluding diaryl/α,β-unsaturated/α-hetero) is 1. The zero-order chi connectivity index (χ0) is 13.8. The molecule has 4 nitrogen and oxygen atoms in total. The Hall–Kier alpha value is -1.00. The van der Waals surface area contributed by atoms with Gasteiger partial charge in [-0.05, 0) is 46.2 Å². The number of hydrogen-bond acceptors (Lipinski definition) is 4. The minimum Gasteiger partial charge on any atom is -0.317 e. The molecule has 112 valence electrons. The number of carbonyl (C=O) groups excluding carboxylic acids is 1. The standard InChI is InChI=1S/C15H23N3O.ClH/c1-4-5-13(19)14-10(2)17-11(3)18-15(14)12-6-8-16-9-7-12;/h12,16H,4-9H2,1-3H3;1H. The maximum absolute atomic E-state index is 12.3. The van der Waals surface area contributed by atoms with Crippen molar-refractivity contribution < 1.29 is 4.79 Å². The van der Waals surface area contributed by atoms with Gasteiger partial charge in [-0.3, -0.25) is 4.79 Å². The van der Waals surface area contributed by atoms with Gasteiger partial charge in [0.25, 0.3) is 0 Å². The number of aromatic nitrogens is 2. The molecule has 0 radical (unpaired) electrons. The van der Waals surface area contributed by atoms with Crippen LogP contribution in [0.25, 0.3) is 0 Å². The van der Waals surface area contributed by atoms with Crippen LogP contribution in [0.2, 0.25) is 0 Å². The molecule has 0 aromatic carbocycles. The van der Waals surface area contributed by atoms with Crippen molar-refractivity contribution in [3.8, 4) is 0 Å². The molecule has 2 heterocycles. The summed E-state index contributed by atoms with van der Waals surface area (Å²) in [5.74, 6) is 1.38. The molecule has 0 bridgehead atoms. The van der Waals surface area contributed by atoms with Crippen molar-refractivity contribution in [2.24, 2.45) is 0 Å². The van der Waals surface area contributed by atoms with Gasteiger partial charge in [-0.25, -0.2) is 9.97 Å². The lowest BCUT2D eigenvalue weighted by atomic mass is 9.88. The fraction of sp³-hybridized carbons (Fsp3) is 0.667. The van der Waals surface area contributed by atoms with Crippen LogP contribution in [0.5, 0.6) is 0 Å². The van der Waals surface area contributed by atoms with Gasteiger partial charge in [-0.15, -0.1) is 12.4 Å². The maximum atomic E-state index is 12.3. The largest absolute Gasteiger partial charge is 0.317 e. The van der Waals surface area contributed by atoms with Crippen molar-refractivity contribution in [2.45, 2.75) is 52.4 Å². The van der Waals surface area contributed by atoms with Gasteiger partial charge in [0.1, 0.15) is 5.82 Å². The SMILES string of the molecule is CCCC(=O)c1c(C)nc(C)nc1C1CCNCC1.Cl. The van der Waals surface area contributed by atoms with E-state index in [9.17, 15) is 4.79 Å². The van der Waals surface area contributed by atoms with Crippen molar-refractivity contribution >= 4 is 18.2 Å². The molecule has 20 heavy (non-hydrogen) atoms. The van der Waals surface area contributed by atoms with Crippen LogP contribution in [-0.4, -0.2) is 28.8 Å². The predicted octanol–water partition coefficient (Wildman–Crippen LogP) is 2.97. The van der Waals surface area contributed by atoms with Gasteiger partial charge in [-0.2, -0.15) is 0 Å². The average molecular weight is 298 g/mol. The van der Waals surface area contributed by atoms with E-state index in [0.717, 1.165) is 55.1 Å². The first-order chi connectivity index (χ1) is 9.13. The molecule has 0 unspecified atom stereocenters. The summed E-state index contributed by atoms with van der Waals surface area (Å²) in [6.45, 7) is 7.89. The molecule has 1 aromatic heterocycles. The molecule has 0 spiro atoms. The van der Waals surface area contributed by atoms with E-state index in [2.05, 4.69) is 15.3 Å². The van der Waals surface area contributed by atoms with Crippen LogP contribution >= 0.6 is 12.4 Å². The quantitative estimate of drug-likeness (QED) is 0.868. The van der Waals surface area contributed by atoms with Crippen molar-refractivity contribution in [2.75, 3.05) is 13.1 Å². The second-order valence-corrected chi connectivity index (χ2v) is 5.31. The Morgan fingerprint density at radius 3 is 2.50 bits per heavy atom. The normalized spacial score (nSPS) is 15.8. The van der Waals surface area contributed by atoms with E-state index >= 15 is 0 Å². The molecule has 1 aromatic rings. The van der Waals surface area contributed by atoms with E-state index in [1.54, 1.807) is 0 Å². The number of halogens is 1. The smallest absolute Gasteiger partial charge is 0.166 e. The molecule has 2 rings (SSSR count). The Morgan fingerprint density at radius 1 is 1.25 bits per heavy atom. The summed E-state index contributed by atoms with van der Waals surface area (Å²) in [4.78, 5) is 21.3. The van der Waals surface area contributed by atoms with Gasteiger partial charge in [0.05, 0.1) is 17.0 Å². The zero-order valence-corrected chi connectivity index (χ0v) is 13.3. The van der Waals surface area contributed by atoms with Crippen LogP contribution in [0.1, 0.15) is 66.1 Å². The molecule has 0 atom stereocenters. The highest BCUT2D eigenvalue weighted by atomic mass is 35.5. The summed E-state index contributed by atoms with van der Waals surface area (Å²) in [5.41, 5.74) is 2.63. The number of carbonyl (C=O) groups is 1. The second-order valence-electron chi connectivity index (χ2n) is 5.31. The topological polar surface area (TPSA) is 54.9 Å². The van der Waals surface area contributed by atoms with Crippen LogP contribution < -0.4 is 5.32 Å². The van der Waals surface area contributed by atoms with Gasteiger partial charge in [0.15, 0.2) is 5.78 Å². The Labute approximate surface area is 127 Å². The molecule has 0 aliphatic carbocycles. The number of nitrogens with one attached hydrogen (secondary N) is 1. The van der Waals surface area contributed by atoms with E-state index in [1.165, 1.54) is 0 Å². The first-order valence-corrected chi connectivity index (χ1v) is 7.22. The molecule has 1 fully saturated rings. The molecule has 1 aliphatic rings. The van der Waals surface area contributed by atoms with Crippen LogP contribution in [0, 0.1) is 13.8 Å². The summed E-state index contributed by atoms with van der Waals surface area (Å²) >= 11 is 0.